The molecule has 0 aromatic carbocycles. The Morgan fingerprint density at radius 1 is 0.974 bits per heavy atom. The third kappa shape index (κ3) is 12.7. The average molecular weight is 547 g/mol. The topological polar surface area (TPSA) is 169 Å². The van der Waals surface area contributed by atoms with Gasteiger partial charge in [0, 0.05) is 11.5 Å². The van der Waals surface area contributed by atoms with Crippen LogP contribution >= 0.6 is 0 Å². The summed E-state index contributed by atoms with van der Waals surface area (Å²) in [7, 11) is 0. The number of rotatable bonds is 16. The highest BCUT2D eigenvalue weighted by Gasteiger charge is 2.52. The van der Waals surface area contributed by atoms with E-state index in [-0.39, 0.29) is 25.0 Å². The molecule has 1 amide bonds. The molecule has 0 bridgehead atoms. The van der Waals surface area contributed by atoms with Crippen molar-refractivity contribution in [1.29, 1.82) is 0 Å². The number of hydrogen-bond donors (Lipinski definition) is 1. The van der Waals surface area contributed by atoms with Gasteiger partial charge in [0.25, 0.3) is 0 Å². The van der Waals surface area contributed by atoms with Gasteiger partial charge in [0.1, 0.15) is 18.3 Å². The Balaban J connectivity index is 1.63. The molecule has 1 N–H and O–H groups in total. The van der Waals surface area contributed by atoms with E-state index >= 15 is 0 Å². The first-order valence-electron chi connectivity index (χ1n) is 12.8. The molecule has 2 heterocycles. The second kappa shape index (κ2) is 16.2. The van der Waals surface area contributed by atoms with Crippen LogP contribution in [-0.4, -0.2) is 108 Å². The van der Waals surface area contributed by atoms with E-state index in [1.54, 1.807) is 13.8 Å². The van der Waals surface area contributed by atoms with Crippen molar-refractivity contribution in [3.05, 3.63) is 10.4 Å². The van der Waals surface area contributed by atoms with Crippen LogP contribution in [0.5, 0.6) is 0 Å². The summed E-state index contributed by atoms with van der Waals surface area (Å²) in [5.41, 5.74) is 7.87. The Kier molecular flexibility index (Phi) is 13.7. The molecule has 0 unspecified atom stereocenters. The fourth-order valence-corrected chi connectivity index (χ4v) is 3.86. The lowest BCUT2D eigenvalue weighted by molar-refractivity contribution is -0.160. The van der Waals surface area contributed by atoms with Gasteiger partial charge in [0.05, 0.1) is 71.9 Å². The number of carbonyl (C=O) groups excluding carboxylic acids is 2. The van der Waals surface area contributed by atoms with Gasteiger partial charge in [0.2, 0.25) is 0 Å². The fourth-order valence-electron chi connectivity index (χ4n) is 3.86. The summed E-state index contributed by atoms with van der Waals surface area (Å²) in [5.74, 6) is -1.47. The van der Waals surface area contributed by atoms with Crippen molar-refractivity contribution in [2.45, 2.75) is 71.2 Å². The molecule has 2 fully saturated rings. The summed E-state index contributed by atoms with van der Waals surface area (Å²) in [4.78, 5) is 26.9. The average Bonchev–Trinajstić information content (AvgIpc) is 3.14. The number of amides is 1. The predicted octanol–water partition coefficient (Wildman–Crippen LogP) is 2.34. The highest BCUT2D eigenvalue weighted by Crippen LogP contribution is 2.35. The molecule has 0 aliphatic carbocycles. The standard InChI is InChI=1S/C24H42N4O10/c1-23(2,3)14-19(29)36-22(30)27-17-15-35-18(21-20(17)37-24(4,5)38-21)16-34-13-12-33-11-10-32-9-8-31-7-6-26-28-25/h17-18,20-21H,6-16H2,1-5H3,(H,27,30)/t17-,18+,20+,21-/m0/s1. The van der Waals surface area contributed by atoms with Gasteiger partial charge in [-0.1, -0.05) is 25.9 Å². The van der Waals surface area contributed by atoms with Gasteiger partial charge >= 0.3 is 12.1 Å². The highest BCUT2D eigenvalue weighted by atomic mass is 16.8. The van der Waals surface area contributed by atoms with Gasteiger partial charge in [-0.05, 0) is 24.8 Å². The largest absolute Gasteiger partial charge is 0.415 e. The summed E-state index contributed by atoms with van der Waals surface area (Å²) in [5, 5.41) is 6.04. The van der Waals surface area contributed by atoms with Gasteiger partial charge in [0.15, 0.2) is 5.79 Å². The van der Waals surface area contributed by atoms with Crippen LogP contribution < -0.4 is 5.32 Å². The van der Waals surface area contributed by atoms with Crippen molar-refractivity contribution in [2.75, 3.05) is 66.0 Å². The zero-order valence-corrected chi connectivity index (χ0v) is 23.0. The van der Waals surface area contributed by atoms with Crippen LogP contribution in [0.3, 0.4) is 0 Å². The quantitative estimate of drug-likeness (QED) is 0.0757. The number of esters is 1. The van der Waals surface area contributed by atoms with E-state index in [0.29, 0.717) is 52.8 Å². The molecular weight excluding hydrogens is 504 g/mol. The minimum Gasteiger partial charge on any atom is -0.379 e. The van der Waals surface area contributed by atoms with Crippen LogP contribution in [0.4, 0.5) is 4.79 Å². The molecule has 0 saturated carbocycles. The van der Waals surface area contributed by atoms with Crippen molar-refractivity contribution >= 4 is 12.1 Å². The number of azide groups is 1. The molecule has 38 heavy (non-hydrogen) atoms. The lowest BCUT2D eigenvalue weighted by Gasteiger charge is -2.36. The molecule has 2 aliphatic rings. The van der Waals surface area contributed by atoms with Gasteiger partial charge in [-0.2, -0.15) is 0 Å². The van der Waals surface area contributed by atoms with Gasteiger partial charge in [-0.3, -0.25) is 4.79 Å². The molecule has 218 valence electrons. The van der Waals surface area contributed by atoms with Crippen LogP contribution in [0.25, 0.3) is 10.4 Å². The SMILES string of the molecule is CC(C)(C)CC(=O)OC(=O)N[C@H]1CO[C@H](COCCOCCOCCOCCN=[N+]=[N-])[C@@H]2OC(C)(C)O[C@@H]21. The van der Waals surface area contributed by atoms with E-state index < -0.39 is 42.2 Å². The lowest BCUT2D eigenvalue weighted by atomic mass is 9.93. The monoisotopic (exact) mass is 546 g/mol. The van der Waals surface area contributed by atoms with Crippen molar-refractivity contribution in [2.24, 2.45) is 10.5 Å². The second-order valence-corrected chi connectivity index (χ2v) is 10.6. The number of carbonyl (C=O) groups is 2. The summed E-state index contributed by atoms with van der Waals surface area (Å²) in [6.45, 7) is 12.7. The number of fused-ring (bicyclic) bond motifs is 1. The molecule has 14 heteroatoms. The van der Waals surface area contributed by atoms with E-state index in [0.717, 1.165) is 0 Å². The minimum absolute atomic E-state index is 0.118. The minimum atomic E-state index is -0.869. The lowest BCUT2D eigenvalue weighted by Crippen LogP contribution is -2.59. The molecule has 2 saturated heterocycles. The zero-order valence-electron chi connectivity index (χ0n) is 23.0. The normalized spacial score (nSPS) is 24.3. The molecular formula is C24H42N4O10. The Labute approximate surface area is 223 Å². The van der Waals surface area contributed by atoms with Crippen LogP contribution in [-0.2, 0) is 42.7 Å². The maximum atomic E-state index is 12.3. The maximum Gasteiger partial charge on any atom is 0.415 e. The van der Waals surface area contributed by atoms with Gasteiger partial charge in [-0.25, -0.2) is 4.79 Å². The molecule has 14 nitrogen and oxygen atoms in total. The van der Waals surface area contributed by atoms with E-state index in [1.165, 1.54) is 0 Å². The highest BCUT2D eigenvalue weighted by molar-refractivity contribution is 5.84. The molecule has 0 aromatic heterocycles. The first kappa shape index (κ1) is 32.2. The maximum absolute atomic E-state index is 12.3. The van der Waals surface area contributed by atoms with Crippen molar-refractivity contribution in [3.63, 3.8) is 0 Å². The summed E-state index contributed by atoms with van der Waals surface area (Å²) >= 11 is 0. The Hall–Kier alpha value is -2.03. The number of ether oxygens (including phenoxy) is 8. The molecule has 0 radical (unpaired) electrons. The number of nitrogens with one attached hydrogen (secondary N) is 1. The van der Waals surface area contributed by atoms with Crippen molar-refractivity contribution < 1.29 is 47.5 Å². The van der Waals surface area contributed by atoms with Crippen LogP contribution in [0.1, 0.15) is 41.0 Å². The smallest absolute Gasteiger partial charge is 0.379 e. The van der Waals surface area contributed by atoms with Crippen molar-refractivity contribution in [1.82, 2.24) is 5.32 Å². The van der Waals surface area contributed by atoms with E-state index in [9.17, 15) is 9.59 Å². The Bertz CT molecular complexity index is 785. The third-order valence-corrected chi connectivity index (χ3v) is 5.40. The summed E-state index contributed by atoms with van der Waals surface area (Å²) in [6.07, 6.45) is -2.09. The summed E-state index contributed by atoms with van der Waals surface area (Å²) in [6, 6.07) is -0.548. The Morgan fingerprint density at radius 2 is 1.55 bits per heavy atom. The first-order valence-corrected chi connectivity index (χ1v) is 12.8. The van der Waals surface area contributed by atoms with Gasteiger partial charge in [-0.15, -0.1) is 0 Å². The third-order valence-electron chi connectivity index (χ3n) is 5.40. The predicted molar refractivity (Wildman–Crippen MR) is 133 cm³/mol. The summed E-state index contributed by atoms with van der Waals surface area (Å²) < 4.78 is 44.7. The molecule has 0 spiro atoms. The number of alkyl carbamates (subject to hydrolysis) is 1. The first-order chi connectivity index (χ1) is 18.0. The number of nitrogens with zero attached hydrogens (tertiary/aromatic N) is 3. The fraction of sp³-hybridized carbons (Fsp3) is 0.917. The van der Waals surface area contributed by atoms with Crippen LogP contribution in [0, 0.1) is 5.41 Å². The number of hydrogen-bond acceptors (Lipinski definition) is 11. The molecule has 2 aliphatic heterocycles. The van der Waals surface area contributed by atoms with Crippen molar-refractivity contribution in [3.8, 4) is 0 Å². The molecule has 0 aromatic rings. The van der Waals surface area contributed by atoms with Crippen LogP contribution in [0.15, 0.2) is 5.11 Å². The second-order valence-electron chi connectivity index (χ2n) is 10.6. The van der Waals surface area contributed by atoms with E-state index in [2.05, 4.69) is 15.3 Å². The van der Waals surface area contributed by atoms with Gasteiger partial charge < -0.3 is 43.2 Å². The van der Waals surface area contributed by atoms with Crippen LogP contribution in [0.2, 0.25) is 0 Å². The Morgan fingerprint density at radius 3 is 2.16 bits per heavy atom. The zero-order chi connectivity index (χ0) is 28.0. The molecule has 4 atom stereocenters. The molecule has 2 rings (SSSR count). The van der Waals surface area contributed by atoms with E-state index in [4.69, 9.17) is 43.4 Å². The van der Waals surface area contributed by atoms with E-state index in [1.807, 2.05) is 20.8 Å².